The molecule has 0 spiro atoms. The van der Waals surface area contributed by atoms with E-state index in [1.54, 1.807) is 47.4 Å². The van der Waals surface area contributed by atoms with Crippen LogP contribution in [0.25, 0.3) is 0 Å². The molecule has 9 heteroatoms. The molecule has 1 fully saturated rings. The third kappa shape index (κ3) is 9.04. The number of ether oxygens (including phenoxy) is 1. The zero-order valence-corrected chi connectivity index (χ0v) is 28.6. The summed E-state index contributed by atoms with van der Waals surface area (Å²) in [6, 6.07) is 31.4. The molecule has 4 aromatic carbocycles. The second-order valence-corrected chi connectivity index (χ2v) is 14.2. The number of carbonyl (C=O) groups excluding carboxylic acids is 2. The fourth-order valence-electron chi connectivity index (χ4n) is 6.11. The lowest BCUT2D eigenvalue weighted by atomic mass is 9.94. The van der Waals surface area contributed by atoms with Crippen molar-refractivity contribution in [2.45, 2.75) is 75.9 Å². The van der Waals surface area contributed by atoms with E-state index in [0.717, 1.165) is 53.1 Å². The molecule has 1 saturated carbocycles. The van der Waals surface area contributed by atoms with Crippen LogP contribution in [-0.4, -0.2) is 50.4 Å². The quantitative estimate of drug-likeness (QED) is 0.162. The third-order valence-corrected chi connectivity index (χ3v) is 10.5. The zero-order valence-electron chi connectivity index (χ0n) is 27.8. The van der Waals surface area contributed by atoms with Crippen molar-refractivity contribution in [1.29, 1.82) is 0 Å². The number of aryl methyl sites for hydroxylation is 1. The molecule has 0 radical (unpaired) electrons. The maximum Gasteiger partial charge on any atom is 0.264 e. The van der Waals surface area contributed by atoms with Gasteiger partial charge in [0.15, 0.2) is 0 Å². The number of benzene rings is 4. The molecule has 1 N–H and O–H groups in total. The highest BCUT2D eigenvalue weighted by atomic mass is 32.2. The summed E-state index contributed by atoms with van der Waals surface area (Å²) in [6.45, 7) is 3.96. The summed E-state index contributed by atoms with van der Waals surface area (Å²) < 4.78 is 35.1. The fraction of sp³-hybridized carbons (Fsp3) is 0.333. The molecule has 48 heavy (non-hydrogen) atoms. The van der Waals surface area contributed by atoms with Crippen molar-refractivity contribution in [3.8, 4) is 5.75 Å². The van der Waals surface area contributed by atoms with E-state index in [0.29, 0.717) is 18.0 Å². The largest absolute Gasteiger partial charge is 0.494 e. The number of sulfonamides is 1. The second kappa shape index (κ2) is 16.5. The Hall–Kier alpha value is -4.63. The topological polar surface area (TPSA) is 96.0 Å². The van der Waals surface area contributed by atoms with E-state index >= 15 is 0 Å². The number of amides is 2. The van der Waals surface area contributed by atoms with E-state index < -0.39 is 28.5 Å². The summed E-state index contributed by atoms with van der Waals surface area (Å²) in [7, 11) is -4.17. The first-order chi connectivity index (χ1) is 23.2. The molecular formula is C39H45N3O5S. The normalized spacial score (nSPS) is 14.1. The lowest BCUT2D eigenvalue weighted by Crippen LogP contribution is -2.55. The van der Waals surface area contributed by atoms with Crippen LogP contribution in [0.3, 0.4) is 0 Å². The van der Waals surface area contributed by atoms with Gasteiger partial charge in [0.1, 0.15) is 18.3 Å². The molecule has 0 saturated heterocycles. The van der Waals surface area contributed by atoms with Crippen LogP contribution in [0.2, 0.25) is 0 Å². The first kappa shape index (κ1) is 34.7. The molecule has 252 valence electrons. The standard InChI is InChI=1S/C39H45N3O5S/c1-3-47-35-25-23-34(24-26-35)42(48(45,46)36-17-11-6-12-18-36)29-38(43)41(28-32-21-19-30(2)20-22-32)37(27-31-13-7-4-8-14-31)39(44)40-33-15-9-5-10-16-33/h4,6-8,11-14,17-26,33,37H,3,5,9-10,15-16,27-29H2,1-2H3,(H,40,44)/t37-/m1/s1. The number of anilines is 1. The molecule has 8 nitrogen and oxygen atoms in total. The van der Waals surface area contributed by atoms with Crippen LogP contribution in [0, 0.1) is 6.92 Å². The van der Waals surface area contributed by atoms with E-state index in [1.165, 1.54) is 12.1 Å². The second-order valence-electron chi connectivity index (χ2n) is 12.3. The molecule has 1 aliphatic carbocycles. The minimum atomic E-state index is -4.17. The highest BCUT2D eigenvalue weighted by Gasteiger charge is 2.35. The van der Waals surface area contributed by atoms with E-state index in [1.807, 2.05) is 68.4 Å². The van der Waals surface area contributed by atoms with E-state index in [2.05, 4.69) is 5.32 Å². The zero-order chi connectivity index (χ0) is 33.9. The molecule has 1 atom stereocenters. The van der Waals surface area contributed by atoms with Crippen molar-refractivity contribution in [1.82, 2.24) is 10.2 Å². The molecular weight excluding hydrogens is 623 g/mol. The van der Waals surface area contributed by atoms with Gasteiger partial charge in [0.2, 0.25) is 11.8 Å². The van der Waals surface area contributed by atoms with Gasteiger partial charge >= 0.3 is 0 Å². The van der Waals surface area contributed by atoms with Gasteiger partial charge in [-0.25, -0.2) is 8.42 Å². The van der Waals surface area contributed by atoms with E-state index in [9.17, 15) is 18.0 Å². The number of nitrogens with one attached hydrogen (secondary N) is 1. The van der Waals surface area contributed by atoms with Crippen molar-refractivity contribution in [3.05, 3.63) is 126 Å². The van der Waals surface area contributed by atoms with E-state index in [-0.39, 0.29) is 29.8 Å². The van der Waals surface area contributed by atoms with Crippen LogP contribution in [-0.2, 0) is 32.6 Å². The molecule has 0 aromatic heterocycles. The monoisotopic (exact) mass is 667 g/mol. The van der Waals surface area contributed by atoms with Crippen molar-refractivity contribution in [2.75, 3.05) is 17.5 Å². The number of nitrogens with zero attached hydrogens (tertiary/aromatic N) is 2. The predicted molar refractivity (Wildman–Crippen MR) is 189 cm³/mol. The van der Waals surface area contributed by atoms with Crippen molar-refractivity contribution in [2.24, 2.45) is 0 Å². The summed E-state index contributed by atoms with van der Waals surface area (Å²) in [4.78, 5) is 30.5. The lowest BCUT2D eigenvalue weighted by Gasteiger charge is -2.35. The van der Waals surface area contributed by atoms with Crippen molar-refractivity contribution in [3.63, 3.8) is 0 Å². The molecule has 0 bridgehead atoms. The fourth-order valence-corrected chi connectivity index (χ4v) is 7.55. The van der Waals surface area contributed by atoms with Crippen molar-refractivity contribution < 1.29 is 22.7 Å². The molecule has 0 heterocycles. The van der Waals surface area contributed by atoms with Gasteiger partial charge in [-0.2, -0.15) is 0 Å². The number of hydrogen-bond acceptors (Lipinski definition) is 5. The summed E-state index contributed by atoms with van der Waals surface area (Å²) in [5.41, 5.74) is 3.14. The summed E-state index contributed by atoms with van der Waals surface area (Å²) >= 11 is 0. The average Bonchev–Trinajstić information content (AvgIpc) is 3.11. The predicted octanol–water partition coefficient (Wildman–Crippen LogP) is 6.68. The van der Waals surface area contributed by atoms with Crippen LogP contribution in [0.15, 0.2) is 114 Å². The van der Waals surface area contributed by atoms with Gasteiger partial charge in [-0.15, -0.1) is 0 Å². The maximum atomic E-state index is 14.7. The van der Waals surface area contributed by atoms with Gasteiger partial charge in [0.05, 0.1) is 17.2 Å². The molecule has 4 aromatic rings. The smallest absolute Gasteiger partial charge is 0.264 e. The Balaban J connectivity index is 1.55. The molecule has 2 amide bonds. The van der Waals surface area contributed by atoms with Gasteiger partial charge in [-0.1, -0.05) is 97.6 Å². The molecule has 5 rings (SSSR count). The van der Waals surface area contributed by atoms with Crippen LogP contribution in [0.1, 0.15) is 55.7 Å². The number of rotatable bonds is 14. The first-order valence-corrected chi connectivity index (χ1v) is 18.2. The van der Waals surface area contributed by atoms with Crippen LogP contribution in [0.4, 0.5) is 5.69 Å². The highest BCUT2D eigenvalue weighted by molar-refractivity contribution is 7.92. The van der Waals surface area contributed by atoms with E-state index in [4.69, 9.17) is 4.74 Å². The molecule has 1 aliphatic rings. The Morgan fingerprint density at radius 3 is 2.06 bits per heavy atom. The summed E-state index contributed by atoms with van der Waals surface area (Å²) in [6.07, 6.45) is 5.33. The van der Waals surface area contributed by atoms with Gasteiger partial charge in [0.25, 0.3) is 10.0 Å². The average molecular weight is 668 g/mol. The number of hydrogen-bond donors (Lipinski definition) is 1. The third-order valence-electron chi connectivity index (χ3n) is 8.74. The highest BCUT2D eigenvalue weighted by Crippen LogP contribution is 2.27. The van der Waals surface area contributed by atoms with Crippen LogP contribution >= 0.6 is 0 Å². The minimum Gasteiger partial charge on any atom is -0.494 e. The minimum absolute atomic E-state index is 0.0414. The Bertz CT molecular complexity index is 1720. The van der Waals surface area contributed by atoms with Gasteiger partial charge < -0.3 is 15.0 Å². The SMILES string of the molecule is CCOc1ccc(N(CC(=O)N(Cc2ccc(C)cc2)[C@H](Cc2ccccc2)C(=O)NC2CCCCC2)S(=O)(=O)c2ccccc2)cc1. The summed E-state index contributed by atoms with van der Waals surface area (Å²) in [5, 5.41) is 3.25. The number of carbonyl (C=O) groups is 2. The first-order valence-electron chi connectivity index (χ1n) is 16.7. The van der Waals surface area contributed by atoms with Crippen LogP contribution < -0.4 is 14.4 Å². The Labute approximate surface area is 284 Å². The van der Waals surface area contributed by atoms with Gasteiger partial charge in [-0.05, 0) is 74.2 Å². The molecule has 0 unspecified atom stereocenters. The summed E-state index contributed by atoms with van der Waals surface area (Å²) in [5.74, 6) is -0.124. The maximum absolute atomic E-state index is 14.7. The van der Waals surface area contributed by atoms with Gasteiger partial charge in [-0.3, -0.25) is 13.9 Å². The Kier molecular flexibility index (Phi) is 11.9. The Morgan fingerprint density at radius 1 is 0.812 bits per heavy atom. The lowest BCUT2D eigenvalue weighted by molar-refractivity contribution is -0.140. The molecule has 0 aliphatic heterocycles. The van der Waals surface area contributed by atoms with Crippen LogP contribution in [0.5, 0.6) is 5.75 Å². The van der Waals surface area contributed by atoms with Crippen molar-refractivity contribution >= 4 is 27.5 Å². The van der Waals surface area contributed by atoms with Gasteiger partial charge in [0, 0.05) is 19.0 Å². The Morgan fingerprint density at radius 2 is 1.44 bits per heavy atom.